The van der Waals surface area contributed by atoms with Crippen molar-refractivity contribution in [3.05, 3.63) is 41.1 Å². The van der Waals surface area contributed by atoms with Gasteiger partial charge in [0.2, 0.25) is 0 Å². The molecule has 0 aliphatic carbocycles. The maximum Gasteiger partial charge on any atom is 0.173 e. The standard InChI is InChI=1S/C10H16OSi2/c1-9(13-11-12-2)8-10-6-4-3-5-7-10/h3-8H,12-13H2,1-2H3. The van der Waals surface area contributed by atoms with E-state index in [1.165, 1.54) is 10.8 Å². The summed E-state index contributed by atoms with van der Waals surface area (Å²) in [4.78, 5) is 0. The van der Waals surface area contributed by atoms with E-state index in [9.17, 15) is 0 Å². The lowest BCUT2D eigenvalue weighted by atomic mass is 10.2. The molecule has 0 N–H and O–H groups in total. The van der Waals surface area contributed by atoms with E-state index in [1.54, 1.807) is 0 Å². The molecule has 3 heteroatoms. The first-order valence-electron chi connectivity index (χ1n) is 4.63. The van der Waals surface area contributed by atoms with Crippen molar-refractivity contribution in [1.29, 1.82) is 0 Å². The number of rotatable bonds is 4. The van der Waals surface area contributed by atoms with Crippen LogP contribution in [0.5, 0.6) is 0 Å². The van der Waals surface area contributed by atoms with Crippen LogP contribution >= 0.6 is 0 Å². The molecule has 1 aromatic carbocycles. The van der Waals surface area contributed by atoms with Gasteiger partial charge in [0.15, 0.2) is 9.76 Å². The van der Waals surface area contributed by atoms with E-state index in [-0.39, 0.29) is 19.5 Å². The van der Waals surface area contributed by atoms with Crippen molar-refractivity contribution in [3.8, 4) is 0 Å². The van der Waals surface area contributed by atoms with Crippen molar-refractivity contribution >= 4 is 25.6 Å². The maximum atomic E-state index is 5.58. The number of benzene rings is 1. The lowest BCUT2D eigenvalue weighted by Crippen LogP contribution is -2.01. The monoisotopic (exact) mass is 208 g/mol. The van der Waals surface area contributed by atoms with Crippen molar-refractivity contribution in [2.24, 2.45) is 0 Å². The van der Waals surface area contributed by atoms with Crippen molar-refractivity contribution in [2.45, 2.75) is 13.5 Å². The molecular formula is C10H16OSi2. The Kier molecular flexibility index (Phi) is 4.74. The quantitative estimate of drug-likeness (QED) is 0.677. The van der Waals surface area contributed by atoms with Gasteiger partial charge in [-0.3, -0.25) is 0 Å². The zero-order valence-electron chi connectivity index (χ0n) is 8.29. The molecule has 0 aromatic heterocycles. The van der Waals surface area contributed by atoms with Crippen molar-refractivity contribution in [3.63, 3.8) is 0 Å². The fraction of sp³-hybridized carbons (Fsp3) is 0.200. The van der Waals surface area contributed by atoms with Crippen LogP contribution in [0.4, 0.5) is 0 Å². The minimum absolute atomic E-state index is 0.197. The first-order chi connectivity index (χ1) is 6.33. The zero-order valence-corrected chi connectivity index (χ0v) is 11.1. The largest absolute Gasteiger partial charge is 0.462 e. The van der Waals surface area contributed by atoms with Crippen LogP contribution in [0, 0.1) is 0 Å². The second-order valence-corrected chi connectivity index (χ2v) is 6.65. The number of allylic oxidation sites excluding steroid dienone is 1. The Bertz CT molecular complexity index is 270. The van der Waals surface area contributed by atoms with Crippen LogP contribution in [-0.4, -0.2) is 19.5 Å². The van der Waals surface area contributed by atoms with Crippen molar-refractivity contribution in [1.82, 2.24) is 0 Å². The second kappa shape index (κ2) is 5.91. The number of hydrogen-bond acceptors (Lipinski definition) is 1. The van der Waals surface area contributed by atoms with Gasteiger partial charge in [0, 0.05) is 0 Å². The second-order valence-electron chi connectivity index (χ2n) is 3.04. The van der Waals surface area contributed by atoms with Crippen molar-refractivity contribution in [2.75, 3.05) is 0 Å². The molecule has 0 aliphatic rings. The smallest absolute Gasteiger partial charge is 0.173 e. The van der Waals surface area contributed by atoms with Crippen LogP contribution in [0.2, 0.25) is 6.55 Å². The van der Waals surface area contributed by atoms with Gasteiger partial charge in [0.1, 0.15) is 9.76 Å². The van der Waals surface area contributed by atoms with Gasteiger partial charge in [-0.25, -0.2) is 0 Å². The molecule has 13 heavy (non-hydrogen) atoms. The van der Waals surface area contributed by atoms with E-state index in [1.807, 2.05) is 6.07 Å². The van der Waals surface area contributed by atoms with E-state index < -0.39 is 0 Å². The molecular weight excluding hydrogens is 192 g/mol. The summed E-state index contributed by atoms with van der Waals surface area (Å²) >= 11 is 0. The molecule has 0 atom stereocenters. The highest BCUT2D eigenvalue weighted by molar-refractivity contribution is 6.48. The molecule has 0 radical (unpaired) electrons. The Morgan fingerprint density at radius 2 is 2.00 bits per heavy atom. The first-order valence-corrected chi connectivity index (χ1v) is 7.90. The Labute approximate surface area is 84.7 Å². The van der Waals surface area contributed by atoms with E-state index >= 15 is 0 Å². The first kappa shape index (κ1) is 10.4. The Hall–Kier alpha value is -0.646. The van der Waals surface area contributed by atoms with Gasteiger partial charge in [-0.2, -0.15) is 0 Å². The Morgan fingerprint density at radius 1 is 1.31 bits per heavy atom. The SMILES string of the molecule is C[SiH2]O[SiH2]C(C)=Cc1ccccc1. The van der Waals surface area contributed by atoms with Crippen LogP contribution in [0.25, 0.3) is 6.08 Å². The van der Waals surface area contributed by atoms with Gasteiger partial charge in [0.05, 0.1) is 0 Å². The third kappa shape index (κ3) is 4.21. The third-order valence-electron chi connectivity index (χ3n) is 1.75. The summed E-state index contributed by atoms with van der Waals surface area (Å²) in [5.41, 5.74) is 1.29. The number of hydrogen-bond donors (Lipinski definition) is 0. The minimum atomic E-state index is -0.385. The zero-order chi connectivity index (χ0) is 9.52. The predicted molar refractivity (Wildman–Crippen MR) is 64.1 cm³/mol. The van der Waals surface area contributed by atoms with Gasteiger partial charge in [-0.05, 0) is 12.5 Å². The summed E-state index contributed by atoms with van der Waals surface area (Å²) in [5.74, 6) is 0. The van der Waals surface area contributed by atoms with Crippen molar-refractivity contribution < 1.29 is 4.12 Å². The molecule has 1 aromatic rings. The van der Waals surface area contributed by atoms with Gasteiger partial charge in [-0.15, -0.1) is 0 Å². The van der Waals surface area contributed by atoms with E-state index in [0.717, 1.165) is 0 Å². The normalized spacial score (nSPS) is 13.5. The summed E-state index contributed by atoms with van der Waals surface area (Å²) in [6.45, 7) is 4.35. The average Bonchev–Trinajstić information content (AvgIpc) is 2.16. The summed E-state index contributed by atoms with van der Waals surface area (Å²) in [7, 11) is -0.582. The molecule has 0 saturated heterocycles. The van der Waals surface area contributed by atoms with E-state index in [4.69, 9.17) is 4.12 Å². The Morgan fingerprint density at radius 3 is 2.62 bits per heavy atom. The fourth-order valence-corrected chi connectivity index (χ4v) is 3.56. The molecule has 0 heterocycles. The molecule has 0 unspecified atom stereocenters. The molecule has 1 rings (SSSR count). The highest BCUT2D eigenvalue weighted by Gasteiger charge is 1.91. The summed E-state index contributed by atoms with van der Waals surface area (Å²) < 4.78 is 5.58. The van der Waals surface area contributed by atoms with Crippen LogP contribution in [0.15, 0.2) is 35.5 Å². The highest BCUT2D eigenvalue weighted by Crippen LogP contribution is 2.04. The van der Waals surface area contributed by atoms with Gasteiger partial charge >= 0.3 is 0 Å². The molecule has 0 saturated carbocycles. The summed E-state index contributed by atoms with van der Waals surface area (Å²) in [5, 5.41) is 1.43. The Balaban J connectivity index is 2.55. The fourth-order valence-electron chi connectivity index (χ4n) is 1.14. The van der Waals surface area contributed by atoms with Gasteiger partial charge in [-0.1, -0.05) is 48.2 Å². The van der Waals surface area contributed by atoms with E-state index in [0.29, 0.717) is 0 Å². The lowest BCUT2D eigenvalue weighted by molar-refractivity contribution is 0.653. The van der Waals surface area contributed by atoms with Crippen LogP contribution < -0.4 is 0 Å². The minimum Gasteiger partial charge on any atom is -0.462 e. The van der Waals surface area contributed by atoms with Gasteiger partial charge in [0.25, 0.3) is 0 Å². The molecule has 0 bridgehead atoms. The molecule has 0 fully saturated rings. The summed E-state index contributed by atoms with van der Waals surface area (Å²) in [6.07, 6.45) is 2.23. The lowest BCUT2D eigenvalue weighted by Gasteiger charge is -2.00. The molecule has 0 spiro atoms. The van der Waals surface area contributed by atoms with E-state index in [2.05, 4.69) is 43.8 Å². The maximum absolute atomic E-state index is 5.58. The predicted octanol–water partition coefficient (Wildman–Crippen LogP) is 1.28. The van der Waals surface area contributed by atoms with Crippen LogP contribution in [-0.2, 0) is 4.12 Å². The highest BCUT2D eigenvalue weighted by atomic mass is 28.3. The molecule has 0 amide bonds. The average molecular weight is 208 g/mol. The molecule has 0 aliphatic heterocycles. The molecule has 1 nitrogen and oxygen atoms in total. The molecule has 70 valence electrons. The van der Waals surface area contributed by atoms with Crippen LogP contribution in [0.1, 0.15) is 12.5 Å². The summed E-state index contributed by atoms with van der Waals surface area (Å²) in [6, 6.07) is 10.4. The topological polar surface area (TPSA) is 9.23 Å². The third-order valence-corrected chi connectivity index (χ3v) is 4.86. The van der Waals surface area contributed by atoms with Gasteiger partial charge < -0.3 is 4.12 Å². The van der Waals surface area contributed by atoms with Crippen LogP contribution in [0.3, 0.4) is 0 Å².